The molecule has 0 atom stereocenters. The molecule has 3 rings (SSSR count). The number of aromatic hydroxyl groups is 1. The van der Waals surface area contributed by atoms with Crippen LogP contribution < -0.4 is 5.32 Å². The Morgan fingerprint density at radius 2 is 1.79 bits per heavy atom. The first kappa shape index (κ1) is 15.5. The molecule has 2 aromatic carbocycles. The minimum absolute atomic E-state index is 0.202. The van der Waals surface area contributed by atoms with E-state index in [-0.39, 0.29) is 11.4 Å². The first-order chi connectivity index (χ1) is 11.6. The van der Waals surface area contributed by atoms with Crippen LogP contribution in [0.15, 0.2) is 54.7 Å². The zero-order valence-corrected chi connectivity index (χ0v) is 12.6. The number of carbonyl (C=O) groups excluding carboxylic acids is 1. The van der Waals surface area contributed by atoms with Gasteiger partial charge in [-0.1, -0.05) is 48.5 Å². The molecule has 0 bridgehead atoms. The Bertz CT molecular complexity index is 923. The van der Waals surface area contributed by atoms with Crippen LogP contribution in [0.25, 0.3) is 21.9 Å². The van der Waals surface area contributed by atoms with Gasteiger partial charge in [-0.25, -0.2) is 4.98 Å². The van der Waals surface area contributed by atoms with Gasteiger partial charge in [-0.2, -0.15) is 0 Å². The quantitative estimate of drug-likeness (QED) is 0.685. The average molecular weight is 322 g/mol. The molecule has 3 N–H and O–H groups in total. The van der Waals surface area contributed by atoms with Gasteiger partial charge in [0, 0.05) is 17.0 Å². The minimum atomic E-state index is -1.17. The van der Waals surface area contributed by atoms with Gasteiger partial charge in [0.05, 0.1) is 0 Å². The number of aliphatic carboxylic acids is 1. The van der Waals surface area contributed by atoms with Crippen LogP contribution in [0.5, 0.6) is 5.75 Å². The zero-order chi connectivity index (χ0) is 17.1. The third-order valence-corrected chi connectivity index (χ3v) is 3.59. The number of nitrogens with one attached hydrogen (secondary N) is 1. The minimum Gasteiger partial charge on any atom is -0.505 e. The second-order valence-electron chi connectivity index (χ2n) is 5.17. The number of aromatic nitrogens is 1. The highest BCUT2D eigenvalue weighted by molar-refractivity contribution is 6.07. The maximum absolute atomic E-state index is 12.1. The number of carbonyl (C=O) groups is 2. The largest absolute Gasteiger partial charge is 0.505 e. The molecule has 0 aliphatic carbocycles. The van der Waals surface area contributed by atoms with Crippen molar-refractivity contribution in [3.63, 3.8) is 0 Å². The van der Waals surface area contributed by atoms with Crippen LogP contribution in [-0.4, -0.2) is 33.6 Å². The summed E-state index contributed by atoms with van der Waals surface area (Å²) in [5.74, 6) is -2.18. The smallest absolute Gasteiger partial charge is 0.322 e. The molecule has 1 aromatic heterocycles. The van der Waals surface area contributed by atoms with Crippen molar-refractivity contribution in [3.05, 3.63) is 60.4 Å². The van der Waals surface area contributed by atoms with E-state index in [1.54, 1.807) is 6.07 Å². The summed E-state index contributed by atoms with van der Waals surface area (Å²) in [4.78, 5) is 26.6. The molecule has 0 unspecified atom stereocenters. The lowest BCUT2D eigenvalue weighted by Gasteiger charge is -2.11. The lowest BCUT2D eigenvalue weighted by atomic mass is 9.98. The summed E-state index contributed by atoms with van der Waals surface area (Å²) in [5.41, 5.74) is 1.45. The van der Waals surface area contributed by atoms with Gasteiger partial charge in [0.15, 0.2) is 11.4 Å². The number of carboxylic acids is 1. The molecule has 1 amide bonds. The molecule has 0 aliphatic heterocycles. The van der Waals surface area contributed by atoms with E-state index in [0.717, 1.165) is 11.1 Å². The molecular formula is C18H14N2O4. The Balaban J connectivity index is 2.14. The Morgan fingerprint density at radius 3 is 2.50 bits per heavy atom. The Labute approximate surface area is 137 Å². The SMILES string of the molecule is O=C(O)CNC(=O)c1ncc2cccc(-c3ccccc3)c2c1O. The summed E-state index contributed by atoms with van der Waals surface area (Å²) in [6, 6.07) is 14.9. The number of rotatable bonds is 4. The van der Waals surface area contributed by atoms with E-state index >= 15 is 0 Å². The lowest BCUT2D eigenvalue weighted by Crippen LogP contribution is -2.29. The number of amides is 1. The van der Waals surface area contributed by atoms with Crippen molar-refractivity contribution in [3.8, 4) is 16.9 Å². The molecule has 6 nitrogen and oxygen atoms in total. The second-order valence-corrected chi connectivity index (χ2v) is 5.17. The van der Waals surface area contributed by atoms with Crippen LogP contribution in [0, 0.1) is 0 Å². The van der Waals surface area contributed by atoms with E-state index in [1.807, 2.05) is 42.5 Å². The third-order valence-electron chi connectivity index (χ3n) is 3.59. The lowest BCUT2D eigenvalue weighted by molar-refractivity contribution is -0.135. The number of nitrogens with zero attached hydrogens (tertiary/aromatic N) is 1. The van der Waals surface area contributed by atoms with Crippen molar-refractivity contribution in [2.24, 2.45) is 0 Å². The highest BCUT2D eigenvalue weighted by atomic mass is 16.4. The fourth-order valence-corrected chi connectivity index (χ4v) is 2.52. The molecule has 1 heterocycles. The number of hydrogen-bond acceptors (Lipinski definition) is 4. The molecule has 120 valence electrons. The zero-order valence-electron chi connectivity index (χ0n) is 12.6. The Morgan fingerprint density at radius 1 is 1.04 bits per heavy atom. The summed E-state index contributed by atoms with van der Waals surface area (Å²) in [6.07, 6.45) is 1.48. The summed E-state index contributed by atoms with van der Waals surface area (Å²) in [7, 11) is 0. The van der Waals surface area contributed by atoms with E-state index in [9.17, 15) is 14.7 Å². The second kappa shape index (κ2) is 6.37. The van der Waals surface area contributed by atoms with Crippen molar-refractivity contribution in [2.45, 2.75) is 0 Å². The monoisotopic (exact) mass is 322 g/mol. The number of carboxylic acid groups (broad SMARTS) is 1. The van der Waals surface area contributed by atoms with Crippen molar-refractivity contribution in [1.82, 2.24) is 10.3 Å². The van der Waals surface area contributed by atoms with Crippen LogP contribution >= 0.6 is 0 Å². The van der Waals surface area contributed by atoms with Crippen LogP contribution in [0.3, 0.4) is 0 Å². The number of pyridine rings is 1. The van der Waals surface area contributed by atoms with Crippen LogP contribution in [0.1, 0.15) is 10.5 Å². The van der Waals surface area contributed by atoms with Gasteiger partial charge in [-0.3, -0.25) is 9.59 Å². The molecule has 0 aliphatic rings. The molecule has 0 spiro atoms. The summed E-state index contributed by atoms with van der Waals surface area (Å²) >= 11 is 0. The highest BCUT2D eigenvalue weighted by Crippen LogP contribution is 2.35. The molecule has 0 fully saturated rings. The van der Waals surface area contributed by atoms with E-state index in [2.05, 4.69) is 10.3 Å². The molecular weight excluding hydrogens is 308 g/mol. The van der Waals surface area contributed by atoms with Crippen LogP contribution in [0.4, 0.5) is 0 Å². The van der Waals surface area contributed by atoms with Gasteiger partial charge >= 0.3 is 5.97 Å². The van der Waals surface area contributed by atoms with Crippen molar-refractivity contribution < 1.29 is 19.8 Å². The van der Waals surface area contributed by atoms with Gasteiger partial charge in [0.2, 0.25) is 0 Å². The summed E-state index contributed by atoms with van der Waals surface area (Å²) < 4.78 is 0. The normalized spacial score (nSPS) is 10.5. The maximum atomic E-state index is 12.1. The first-order valence-electron chi connectivity index (χ1n) is 7.24. The molecule has 6 heteroatoms. The average Bonchev–Trinajstić information content (AvgIpc) is 2.60. The van der Waals surface area contributed by atoms with Gasteiger partial charge < -0.3 is 15.5 Å². The molecule has 3 aromatic rings. The van der Waals surface area contributed by atoms with Gasteiger partial charge in [0.1, 0.15) is 6.54 Å². The van der Waals surface area contributed by atoms with Gasteiger partial charge in [0.25, 0.3) is 5.91 Å². The number of benzene rings is 2. The molecule has 0 saturated carbocycles. The van der Waals surface area contributed by atoms with Crippen molar-refractivity contribution in [1.29, 1.82) is 0 Å². The molecule has 0 saturated heterocycles. The fourth-order valence-electron chi connectivity index (χ4n) is 2.52. The predicted octanol–water partition coefficient (Wildman–Crippen LogP) is 2.42. The maximum Gasteiger partial charge on any atom is 0.322 e. The topological polar surface area (TPSA) is 99.5 Å². The van der Waals surface area contributed by atoms with Crippen molar-refractivity contribution in [2.75, 3.05) is 6.54 Å². The first-order valence-corrected chi connectivity index (χ1v) is 7.24. The summed E-state index contributed by atoms with van der Waals surface area (Å²) in [6.45, 7) is -0.543. The molecule has 24 heavy (non-hydrogen) atoms. The van der Waals surface area contributed by atoms with Gasteiger partial charge in [-0.05, 0) is 11.1 Å². The van der Waals surface area contributed by atoms with Gasteiger partial charge in [-0.15, -0.1) is 0 Å². The number of fused-ring (bicyclic) bond motifs is 1. The highest BCUT2D eigenvalue weighted by Gasteiger charge is 2.18. The van der Waals surface area contributed by atoms with E-state index in [0.29, 0.717) is 10.8 Å². The van der Waals surface area contributed by atoms with E-state index < -0.39 is 18.4 Å². The van der Waals surface area contributed by atoms with Crippen LogP contribution in [-0.2, 0) is 4.79 Å². The fraction of sp³-hybridized carbons (Fsp3) is 0.0556. The van der Waals surface area contributed by atoms with Crippen molar-refractivity contribution >= 4 is 22.6 Å². The Hall–Kier alpha value is -3.41. The Kier molecular flexibility index (Phi) is 4.11. The predicted molar refractivity (Wildman–Crippen MR) is 88.8 cm³/mol. The third kappa shape index (κ3) is 2.89. The standard InChI is InChI=1S/C18H14N2O4/c21-14(22)10-20-18(24)16-17(23)15-12(9-19-16)7-4-8-13(15)11-5-2-1-3-6-11/h1-9,23H,10H2,(H,20,24)(H,21,22). The van der Waals surface area contributed by atoms with E-state index in [1.165, 1.54) is 6.20 Å². The summed E-state index contributed by atoms with van der Waals surface area (Å²) in [5, 5.41) is 22.6. The number of hydrogen-bond donors (Lipinski definition) is 3. The molecule has 0 radical (unpaired) electrons. The van der Waals surface area contributed by atoms with E-state index in [4.69, 9.17) is 5.11 Å². The van der Waals surface area contributed by atoms with Crippen LogP contribution in [0.2, 0.25) is 0 Å².